The van der Waals surface area contributed by atoms with E-state index in [1.54, 1.807) is 0 Å². The van der Waals surface area contributed by atoms with Crippen molar-refractivity contribution >= 4 is 34.2 Å². The van der Waals surface area contributed by atoms with Gasteiger partial charge in [-0.15, -0.1) is 0 Å². The first kappa shape index (κ1) is 39.6. The molecule has 0 aliphatic rings. The predicted molar refractivity (Wildman–Crippen MR) is 173 cm³/mol. The van der Waals surface area contributed by atoms with Gasteiger partial charge >= 0.3 is 17.6 Å². The molecule has 0 rings (SSSR count). The van der Waals surface area contributed by atoms with E-state index in [9.17, 15) is 0 Å². The Labute approximate surface area is 247 Å². The summed E-state index contributed by atoms with van der Waals surface area (Å²) in [7, 11) is -8.29. The monoisotopic (exact) mass is 626 g/mol. The summed E-state index contributed by atoms with van der Waals surface area (Å²) >= 11 is 0. The Balaban J connectivity index is 4.34. The van der Waals surface area contributed by atoms with E-state index in [0.29, 0.717) is 39.6 Å². The van der Waals surface area contributed by atoms with Crippen LogP contribution in [0.15, 0.2) is 0 Å². The molecule has 0 fully saturated rings. The fourth-order valence-electron chi connectivity index (χ4n) is 5.34. The minimum absolute atomic E-state index is 0.654. The molecule has 0 amide bonds. The molecule has 7 nitrogen and oxygen atoms in total. The fraction of sp³-hybridized carbons (Fsp3) is 1.00. The average molecular weight is 627 g/mol. The van der Waals surface area contributed by atoms with Gasteiger partial charge in [0.05, 0.1) is 0 Å². The molecule has 0 aromatic carbocycles. The first-order chi connectivity index (χ1) is 18.5. The molecule has 0 unspecified atom stereocenters. The van der Waals surface area contributed by atoms with E-state index < -0.39 is 34.2 Å². The van der Waals surface area contributed by atoms with Crippen LogP contribution in [0.25, 0.3) is 0 Å². The van der Waals surface area contributed by atoms with Gasteiger partial charge in [0, 0.05) is 51.7 Å². The highest BCUT2D eigenvalue weighted by atomic mass is 28.4. The summed E-state index contributed by atoms with van der Waals surface area (Å²) in [6.07, 6.45) is 9.61. The van der Waals surface area contributed by atoms with Gasteiger partial charge in [-0.3, -0.25) is 0 Å². The third-order valence-corrected chi connectivity index (χ3v) is 20.6. The van der Waals surface area contributed by atoms with Gasteiger partial charge in [-0.25, -0.2) is 0 Å². The topological polar surface area (TPSA) is 64.6 Å². The van der Waals surface area contributed by atoms with Crippen LogP contribution in [0.1, 0.15) is 92.9 Å². The molecular weight excluding hydrogens is 561 g/mol. The molecule has 0 saturated heterocycles. The van der Waals surface area contributed by atoms with Crippen LogP contribution in [0.3, 0.4) is 0 Å². The van der Waals surface area contributed by atoms with Crippen molar-refractivity contribution in [3.63, 3.8) is 0 Å². The summed E-state index contributed by atoms with van der Waals surface area (Å²) in [6, 6.07) is 4.33. The normalized spacial score (nSPS) is 13.4. The van der Waals surface area contributed by atoms with Crippen LogP contribution >= 0.6 is 0 Å². The Kier molecular flexibility index (Phi) is 22.5. The van der Waals surface area contributed by atoms with Crippen LogP contribution in [0.5, 0.6) is 0 Å². The first-order valence-corrected chi connectivity index (χ1v) is 26.1. The number of unbranched alkanes of at least 4 members (excludes halogenated alkanes) is 6. The van der Waals surface area contributed by atoms with Crippen molar-refractivity contribution in [2.75, 3.05) is 39.6 Å². The van der Waals surface area contributed by atoms with Gasteiger partial charge < -0.3 is 30.7 Å². The third kappa shape index (κ3) is 18.7. The highest BCUT2D eigenvalue weighted by Crippen LogP contribution is 2.27. The first-order valence-electron chi connectivity index (χ1n) is 16.0. The second kappa shape index (κ2) is 22.2. The molecule has 0 aliphatic heterocycles. The average Bonchev–Trinajstić information content (AvgIpc) is 2.84. The maximum atomic E-state index is 6.91. The Morgan fingerprint density at radius 2 is 0.564 bits per heavy atom. The van der Waals surface area contributed by atoms with Crippen LogP contribution in [0, 0.1) is 0 Å². The van der Waals surface area contributed by atoms with Crippen LogP contribution in [0.2, 0.25) is 50.4 Å². The van der Waals surface area contributed by atoms with Crippen molar-refractivity contribution in [3.05, 3.63) is 0 Å². The van der Waals surface area contributed by atoms with Gasteiger partial charge in [0.15, 0.2) is 16.6 Å². The van der Waals surface area contributed by atoms with E-state index in [1.165, 1.54) is 50.6 Å². The smallest absolute Gasteiger partial charge is 0.455 e. The molecule has 0 radical (unpaired) electrons. The van der Waals surface area contributed by atoms with Gasteiger partial charge in [0.25, 0.3) is 0 Å². The van der Waals surface area contributed by atoms with E-state index in [1.807, 2.05) is 41.5 Å². The number of hydrogen-bond acceptors (Lipinski definition) is 7. The van der Waals surface area contributed by atoms with Gasteiger partial charge in [-0.2, -0.15) is 0 Å². The lowest BCUT2D eigenvalue weighted by molar-refractivity contribution is 0.0698. The molecule has 0 aliphatic carbocycles. The summed E-state index contributed by atoms with van der Waals surface area (Å²) in [6.45, 7) is 25.7. The third-order valence-electron chi connectivity index (χ3n) is 6.76. The molecule has 236 valence electrons. The lowest BCUT2D eigenvalue weighted by Crippen LogP contribution is -2.45. The Hall–Kier alpha value is 0.588. The van der Waals surface area contributed by atoms with Crippen LogP contribution in [-0.4, -0.2) is 73.9 Å². The molecule has 0 saturated carbocycles. The minimum Gasteiger partial charge on any atom is -0.455 e. The molecular formula is C28H66O7Si4. The quantitative estimate of drug-likeness (QED) is 0.0636. The minimum atomic E-state index is -2.49. The Morgan fingerprint density at radius 3 is 0.795 bits per heavy atom. The number of hydrogen-bond donors (Lipinski definition) is 0. The van der Waals surface area contributed by atoms with Crippen LogP contribution in [0.4, 0.5) is 0 Å². The Bertz CT molecular complexity index is 500. The maximum Gasteiger partial charge on any atom is 0.500 e. The van der Waals surface area contributed by atoms with Crippen LogP contribution < -0.4 is 0 Å². The zero-order valence-electron chi connectivity index (χ0n) is 27.6. The second-order valence-electron chi connectivity index (χ2n) is 11.4. The Morgan fingerprint density at radius 1 is 0.333 bits per heavy atom. The van der Waals surface area contributed by atoms with Crippen LogP contribution in [-0.2, 0) is 30.7 Å². The van der Waals surface area contributed by atoms with Crippen molar-refractivity contribution in [1.82, 2.24) is 0 Å². The number of rotatable bonds is 28. The van der Waals surface area contributed by atoms with E-state index >= 15 is 0 Å². The molecule has 0 N–H and O–H groups in total. The zero-order chi connectivity index (χ0) is 29.7. The molecule has 0 aromatic rings. The highest BCUT2D eigenvalue weighted by Gasteiger charge is 2.40. The predicted octanol–water partition coefficient (Wildman–Crippen LogP) is 8.63. The van der Waals surface area contributed by atoms with Crippen molar-refractivity contribution in [2.24, 2.45) is 0 Å². The largest absolute Gasteiger partial charge is 0.500 e. The second-order valence-corrected chi connectivity index (χ2v) is 25.7. The highest BCUT2D eigenvalue weighted by molar-refractivity contribution is 6.84. The SMILES string of the molecule is CCO[Si](CCCCCC[Si](C)(C)O[Si](C)(C)CCCCCC[Si](OCC)(OCC)OCC)(OCC)OCC. The van der Waals surface area contributed by atoms with Crippen molar-refractivity contribution in [1.29, 1.82) is 0 Å². The van der Waals surface area contributed by atoms with Gasteiger partial charge in [0.2, 0.25) is 0 Å². The molecule has 0 bridgehead atoms. The van der Waals surface area contributed by atoms with Crippen molar-refractivity contribution in [2.45, 2.75) is 143 Å². The van der Waals surface area contributed by atoms with Gasteiger partial charge in [0.1, 0.15) is 0 Å². The summed E-state index contributed by atoms with van der Waals surface area (Å²) < 4.78 is 42.9. The van der Waals surface area contributed by atoms with Gasteiger partial charge in [-0.05, 0) is 92.7 Å². The summed E-state index contributed by atoms with van der Waals surface area (Å²) in [5.41, 5.74) is 0. The molecule has 0 spiro atoms. The van der Waals surface area contributed by atoms with Crippen molar-refractivity contribution < 1.29 is 30.7 Å². The molecule has 0 atom stereocenters. The van der Waals surface area contributed by atoms with E-state index in [0.717, 1.165) is 24.9 Å². The van der Waals surface area contributed by atoms with E-state index in [-0.39, 0.29) is 0 Å². The molecule has 39 heavy (non-hydrogen) atoms. The lowest BCUT2D eigenvalue weighted by atomic mass is 10.2. The zero-order valence-corrected chi connectivity index (χ0v) is 31.6. The van der Waals surface area contributed by atoms with E-state index in [2.05, 4.69) is 26.2 Å². The molecule has 11 heteroatoms. The fourth-order valence-corrected chi connectivity index (χ4v) is 19.7. The van der Waals surface area contributed by atoms with Crippen molar-refractivity contribution in [3.8, 4) is 0 Å². The standard InChI is InChI=1S/C28H66O7Si4/c1-11-29-38(30-12-2,31-13-3)27-23-19-17-21-25-36(7,8)35-37(9,10)26-22-18-20-24-28-39(32-14-4,33-15-5)34-16-6/h11-28H2,1-10H3. The maximum absolute atomic E-state index is 6.91. The summed E-state index contributed by atoms with van der Waals surface area (Å²) in [5, 5.41) is 0. The van der Waals surface area contributed by atoms with Gasteiger partial charge in [-0.1, -0.05) is 38.5 Å². The lowest BCUT2D eigenvalue weighted by Gasteiger charge is -2.34. The summed E-state index contributed by atoms with van der Waals surface area (Å²) in [5.74, 6) is 0. The van der Waals surface area contributed by atoms with E-state index in [4.69, 9.17) is 30.7 Å². The molecule has 0 heterocycles. The summed E-state index contributed by atoms with van der Waals surface area (Å²) in [4.78, 5) is 0. The molecule has 0 aromatic heterocycles.